The van der Waals surface area contributed by atoms with Crippen LogP contribution in [0.25, 0.3) is 0 Å². The SMILES string of the molecule is CC(NC(=O)CCC(=O)OCC(O)C1OC(=O)C(OP(=O)(O)O)=C1O)C(=O)NC(CCCCN)C(=O)NC(Cc1cnc[nH]1)C(=O)O. The number of hydrogen-bond acceptors (Lipinski definition) is 14. The third-order valence-corrected chi connectivity index (χ3v) is 6.82. The second kappa shape index (κ2) is 18.0. The topological polar surface area (TPSA) is 339 Å². The van der Waals surface area contributed by atoms with Crippen molar-refractivity contribution in [2.45, 2.75) is 75.8 Å². The van der Waals surface area contributed by atoms with Crippen molar-refractivity contribution in [3.05, 3.63) is 29.7 Å². The molecule has 3 amide bonds. The third kappa shape index (κ3) is 13.0. The smallest absolute Gasteiger partial charge is 0.505 e. The number of carbonyl (C=O) groups excluding carboxylic acids is 5. The van der Waals surface area contributed by atoms with E-state index in [0.717, 1.165) is 0 Å². The Balaban J connectivity index is 1.85. The van der Waals surface area contributed by atoms with Gasteiger partial charge in [0, 0.05) is 24.7 Å². The number of imidazole rings is 1. The van der Waals surface area contributed by atoms with Gasteiger partial charge < -0.3 is 56.0 Å². The van der Waals surface area contributed by atoms with E-state index in [9.17, 15) is 48.7 Å². The first-order chi connectivity index (χ1) is 22.0. The van der Waals surface area contributed by atoms with Gasteiger partial charge in [-0.05, 0) is 32.7 Å². The molecule has 22 heteroatoms. The minimum atomic E-state index is -5.24. The minimum Gasteiger partial charge on any atom is -0.505 e. The summed E-state index contributed by atoms with van der Waals surface area (Å²) in [4.78, 5) is 97.7. The fourth-order valence-corrected chi connectivity index (χ4v) is 4.41. The van der Waals surface area contributed by atoms with Crippen LogP contribution in [0.4, 0.5) is 0 Å². The number of esters is 2. The molecular weight excluding hydrogens is 655 g/mol. The lowest BCUT2D eigenvalue weighted by atomic mass is 10.1. The number of nitrogens with one attached hydrogen (secondary N) is 4. The van der Waals surface area contributed by atoms with Gasteiger partial charge in [-0.25, -0.2) is 19.1 Å². The number of carbonyl (C=O) groups is 6. The van der Waals surface area contributed by atoms with E-state index in [4.69, 9.17) is 20.3 Å². The summed E-state index contributed by atoms with van der Waals surface area (Å²) >= 11 is 0. The van der Waals surface area contributed by atoms with E-state index in [-0.39, 0.29) is 12.8 Å². The summed E-state index contributed by atoms with van der Waals surface area (Å²) in [5.41, 5.74) is 5.97. The zero-order chi connectivity index (χ0) is 35.3. The van der Waals surface area contributed by atoms with Gasteiger partial charge in [0.25, 0.3) is 5.76 Å². The fourth-order valence-electron chi connectivity index (χ4n) is 4.00. The number of aromatic nitrogens is 2. The molecule has 262 valence electrons. The zero-order valence-electron chi connectivity index (χ0n) is 25.0. The predicted octanol–water partition coefficient (Wildman–Crippen LogP) is -2.87. The predicted molar refractivity (Wildman–Crippen MR) is 153 cm³/mol. The lowest BCUT2D eigenvalue weighted by Crippen LogP contribution is -2.55. The first kappa shape index (κ1) is 38.6. The van der Waals surface area contributed by atoms with Crippen molar-refractivity contribution in [1.29, 1.82) is 0 Å². The Bertz CT molecular complexity index is 1360. The largest absolute Gasteiger partial charge is 0.525 e. The number of unbranched alkanes of at least 4 members (excludes halogenated alkanes) is 1. The number of carboxylic acid groups (broad SMARTS) is 1. The van der Waals surface area contributed by atoms with Crippen LogP contribution in [0.15, 0.2) is 24.0 Å². The van der Waals surface area contributed by atoms with Gasteiger partial charge in [-0.15, -0.1) is 0 Å². The van der Waals surface area contributed by atoms with Crippen LogP contribution in [-0.2, 0) is 53.8 Å². The van der Waals surface area contributed by atoms with Gasteiger partial charge in [0.2, 0.25) is 17.7 Å². The van der Waals surface area contributed by atoms with Gasteiger partial charge in [-0.2, -0.15) is 0 Å². The van der Waals surface area contributed by atoms with Gasteiger partial charge in [-0.3, -0.25) is 29.0 Å². The number of aliphatic carboxylic acids is 1. The Morgan fingerprint density at radius 1 is 1.11 bits per heavy atom. The van der Waals surface area contributed by atoms with E-state index in [1.54, 1.807) is 0 Å². The molecule has 47 heavy (non-hydrogen) atoms. The van der Waals surface area contributed by atoms with Crippen LogP contribution in [0, 0.1) is 0 Å². The Morgan fingerprint density at radius 3 is 2.38 bits per heavy atom. The number of ether oxygens (including phenoxy) is 2. The number of phosphoric acid groups is 1. The number of aliphatic hydroxyl groups is 2. The van der Waals surface area contributed by atoms with Crippen LogP contribution in [0.2, 0.25) is 0 Å². The monoisotopic (exact) mass is 692 g/mol. The van der Waals surface area contributed by atoms with Crippen molar-refractivity contribution in [2.24, 2.45) is 5.73 Å². The van der Waals surface area contributed by atoms with Crippen LogP contribution in [0.1, 0.15) is 44.7 Å². The number of rotatable bonds is 20. The normalized spacial score (nSPS) is 17.1. The second-order valence-electron chi connectivity index (χ2n) is 10.2. The van der Waals surface area contributed by atoms with Gasteiger partial charge in [-0.1, -0.05) is 0 Å². The standard InChI is InChI=1S/C25H37N6O15P/c1-12(22(36)30-14(4-2-3-7-26)23(37)31-15(24(38)39)8-13-9-27-11-28-13)29-17(33)5-6-18(34)44-10-16(32)20-19(35)21(25(40)45-20)46-47(41,42)43/h9,11-12,14-16,20,32,35H,2-8,10,26H2,1H3,(H,27,28)(H,29,33)(H,30,36)(H,31,37)(H,38,39)(H2,41,42,43). The molecule has 1 aliphatic rings. The number of nitrogens with zero attached hydrogens (tertiary/aromatic N) is 1. The van der Waals surface area contributed by atoms with Crippen molar-refractivity contribution < 1.29 is 72.4 Å². The molecule has 11 N–H and O–H groups in total. The van der Waals surface area contributed by atoms with Crippen molar-refractivity contribution in [1.82, 2.24) is 25.9 Å². The van der Waals surface area contributed by atoms with Gasteiger partial charge >= 0.3 is 25.7 Å². The van der Waals surface area contributed by atoms with Gasteiger partial charge in [0.05, 0.1) is 12.7 Å². The van der Waals surface area contributed by atoms with Crippen LogP contribution in [-0.4, -0.2) is 114 Å². The molecule has 1 aromatic rings. The summed E-state index contributed by atoms with van der Waals surface area (Å²) in [7, 11) is -5.24. The number of phosphoric ester groups is 1. The number of aliphatic hydroxyl groups excluding tert-OH is 2. The Morgan fingerprint density at radius 2 is 1.79 bits per heavy atom. The molecule has 0 bridgehead atoms. The fraction of sp³-hybridized carbons (Fsp3) is 0.560. The van der Waals surface area contributed by atoms with Crippen LogP contribution >= 0.6 is 7.82 Å². The molecule has 0 saturated carbocycles. The molecule has 5 unspecified atom stereocenters. The average molecular weight is 693 g/mol. The highest BCUT2D eigenvalue weighted by molar-refractivity contribution is 7.46. The van der Waals surface area contributed by atoms with Crippen LogP contribution in [0.5, 0.6) is 0 Å². The second-order valence-corrected chi connectivity index (χ2v) is 11.4. The quantitative estimate of drug-likeness (QED) is 0.0373. The number of amides is 3. The van der Waals surface area contributed by atoms with E-state index in [2.05, 4.69) is 35.2 Å². The molecule has 2 rings (SSSR count). The lowest BCUT2D eigenvalue weighted by molar-refractivity contribution is -0.155. The summed E-state index contributed by atoms with van der Waals surface area (Å²) in [6.07, 6.45) is -1.03. The Hall–Kier alpha value is -4.56. The molecule has 0 radical (unpaired) electrons. The van der Waals surface area contributed by atoms with E-state index in [1.165, 1.54) is 19.4 Å². The molecule has 0 spiro atoms. The summed E-state index contributed by atoms with van der Waals surface area (Å²) < 4.78 is 24.3. The summed E-state index contributed by atoms with van der Waals surface area (Å²) in [6, 6.07) is -3.68. The van der Waals surface area contributed by atoms with Crippen LogP contribution in [0.3, 0.4) is 0 Å². The number of aromatic amines is 1. The Kier molecular flexibility index (Phi) is 14.8. The summed E-state index contributed by atoms with van der Waals surface area (Å²) in [6.45, 7) is 0.765. The maximum atomic E-state index is 13.0. The zero-order valence-corrected chi connectivity index (χ0v) is 25.9. The third-order valence-electron chi connectivity index (χ3n) is 6.40. The summed E-state index contributed by atoms with van der Waals surface area (Å²) in [5.74, 6) is -8.49. The number of nitrogens with two attached hydrogens (primary N) is 1. The molecule has 0 aliphatic carbocycles. The number of H-pyrrole nitrogens is 1. The van der Waals surface area contributed by atoms with Crippen molar-refractivity contribution in [2.75, 3.05) is 13.2 Å². The first-order valence-corrected chi connectivity index (χ1v) is 15.6. The molecule has 21 nitrogen and oxygen atoms in total. The van der Waals surface area contributed by atoms with E-state index >= 15 is 0 Å². The maximum Gasteiger partial charge on any atom is 0.525 e. The van der Waals surface area contributed by atoms with Crippen molar-refractivity contribution in [3.63, 3.8) is 0 Å². The number of cyclic esters (lactones) is 1. The highest BCUT2D eigenvalue weighted by Crippen LogP contribution is 2.42. The molecule has 5 atom stereocenters. The highest BCUT2D eigenvalue weighted by Gasteiger charge is 2.43. The van der Waals surface area contributed by atoms with E-state index in [1.807, 2.05) is 0 Å². The highest BCUT2D eigenvalue weighted by atomic mass is 31.2. The molecule has 0 aromatic carbocycles. The van der Waals surface area contributed by atoms with Crippen molar-refractivity contribution in [3.8, 4) is 0 Å². The van der Waals surface area contributed by atoms with Crippen LogP contribution < -0.4 is 21.7 Å². The van der Waals surface area contributed by atoms with Gasteiger partial charge in [0.1, 0.15) is 30.8 Å². The average Bonchev–Trinajstić information content (AvgIpc) is 3.60. The Labute approximate surface area is 266 Å². The molecule has 0 fully saturated rings. The summed E-state index contributed by atoms with van der Waals surface area (Å²) in [5, 5.41) is 36.7. The molecular formula is C25H37N6O15P. The maximum absolute atomic E-state index is 13.0. The first-order valence-electron chi connectivity index (χ1n) is 14.1. The number of carboxylic acids is 1. The van der Waals surface area contributed by atoms with Gasteiger partial charge in [0.15, 0.2) is 11.9 Å². The van der Waals surface area contributed by atoms with Crippen molar-refractivity contribution >= 4 is 43.5 Å². The molecule has 1 aromatic heterocycles. The number of hydrogen-bond donors (Lipinski definition) is 10. The minimum absolute atomic E-state index is 0.0960. The lowest BCUT2D eigenvalue weighted by Gasteiger charge is -2.23. The molecule has 2 heterocycles. The van der Waals surface area contributed by atoms with E-state index in [0.29, 0.717) is 25.1 Å². The van der Waals surface area contributed by atoms with E-state index < -0.39 is 105 Å². The molecule has 1 aliphatic heterocycles. The molecule has 0 saturated heterocycles.